The van der Waals surface area contributed by atoms with Gasteiger partial charge in [0.25, 0.3) is 0 Å². The highest BCUT2D eigenvalue weighted by molar-refractivity contribution is 9.11. The Kier molecular flexibility index (Phi) is 5.09. The number of hydrogen-bond acceptors (Lipinski definition) is 3. The average Bonchev–Trinajstić information content (AvgIpc) is 3.14. The lowest BCUT2D eigenvalue weighted by molar-refractivity contribution is 0.262. The molecule has 112 valence electrons. The summed E-state index contributed by atoms with van der Waals surface area (Å²) in [6, 6.07) is 8.55. The molecule has 3 rings (SSSR count). The van der Waals surface area contributed by atoms with E-state index in [9.17, 15) is 0 Å². The van der Waals surface area contributed by atoms with Crippen molar-refractivity contribution >= 4 is 47.8 Å². The third-order valence-corrected chi connectivity index (χ3v) is 4.82. The third-order valence-electron chi connectivity index (χ3n) is 3.18. The van der Waals surface area contributed by atoms with E-state index < -0.39 is 0 Å². The van der Waals surface area contributed by atoms with Crippen molar-refractivity contribution in [2.24, 2.45) is 0 Å². The number of nitrogens with one attached hydrogen (secondary N) is 1. The number of furan rings is 1. The van der Waals surface area contributed by atoms with Crippen LogP contribution >= 0.6 is 47.8 Å². The maximum atomic E-state index is 5.83. The molecule has 0 unspecified atom stereocenters. The molecule has 0 saturated heterocycles. The first kappa shape index (κ1) is 15.6. The molecule has 2 aromatic rings. The van der Waals surface area contributed by atoms with Gasteiger partial charge >= 0.3 is 0 Å². The molecule has 0 atom stereocenters. The van der Waals surface area contributed by atoms with E-state index in [1.807, 2.05) is 24.3 Å². The normalized spacial score (nSPS) is 14.4. The Bertz CT molecular complexity index is 615. The summed E-state index contributed by atoms with van der Waals surface area (Å²) >= 11 is 10.4. The van der Waals surface area contributed by atoms with Gasteiger partial charge in [-0.3, -0.25) is 0 Å². The molecule has 6 heteroatoms. The number of hydrogen-bond donors (Lipinski definition) is 1. The summed E-state index contributed by atoms with van der Waals surface area (Å²) in [4.78, 5) is 0. The predicted molar refractivity (Wildman–Crippen MR) is 92.4 cm³/mol. The van der Waals surface area contributed by atoms with Gasteiger partial charge in [0.15, 0.2) is 0 Å². The first-order valence-electron chi connectivity index (χ1n) is 6.70. The molecular formula is C15H14Br3NO2. The lowest BCUT2D eigenvalue weighted by atomic mass is 10.3. The fraction of sp³-hybridized carbons (Fsp3) is 0.333. The predicted octanol–water partition coefficient (Wildman–Crippen LogP) is 5.40. The third kappa shape index (κ3) is 4.34. The summed E-state index contributed by atoms with van der Waals surface area (Å²) in [7, 11) is 0. The van der Waals surface area contributed by atoms with Gasteiger partial charge in [-0.1, -0.05) is 15.9 Å². The second-order valence-electron chi connectivity index (χ2n) is 5.01. The molecule has 1 aliphatic carbocycles. The van der Waals surface area contributed by atoms with Crippen LogP contribution in [-0.4, -0.2) is 6.04 Å². The molecule has 3 nitrogen and oxygen atoms in total. The lowest BCUT2D eigenvalue weighted by Gasteiger charge is -2.09. The minimum absolute atomic E-state index is 0.405. The highest BCUT2D eigenvalue weighted by Gasteiger charge is 2.20. The highest BCUT2D eigenvalue weighted by Crippen LogP contribution is 2.36. The maximum Gasteiger partial charge on any atom is 0.148 e. The minimum Gasteiger partial charge on any atom is -0.483 e. The van der Waals surface area contributed by atoms with Crippen LogP contribution in [0.5, 0.6) is 5.75 Å². The van der Waals surface area contributed by atoms with Crippen LogP contribution in [-0.2, 0) is 13.2 Å². The van der Waals surface area contributed by atoms with Crippen LogP contribution in [0.4, 0.5) is 0 Å². The second-order valence-corrected chi connectivity index (χ2v) is 7.63. The summed E-state index contributed by atoms with van der Waals surface area (Å²) in [6.07, 6.45) is 2.56. The van der Waals surface area contributed by atoms with Gasteiger partial charge in [-0.2, -0.15) is 0 Å². The quantitative estimate of drug-likeness (QED) is 0.602. The molecule has 1 N–H and O–H groups in total. The van der Waals surface area contributed by atoms with Crippen molar-refractivity contribution in [3.8, 4) is 5.75 Å². The molecule has 21 heavy (non-hydrogen) atoms. The molecule has 1 fully saturated rings. The Balaban J connectivity index is 1.59. The number of halogens is 3. The highest BCUT2D eigenvalue weighted by atomic mass is 79.9. The maximum absolute atomic E-state index is 5.83. The Morgan fingerprint density at radius 3 is 2.43 bits per heavy atom. The summed E-state index contributed by atoms with van der Waals surface area (Å²) < 4.78 is 14.4. The van der Waals surface area contributed by atoms with Gasteiger partial charge in [0.2, 0.25) is 0 Å². The van der Waals surface area contributed by atoms with E-state index >= 15 is 0 Å². The average molecular weight is 480 g/mol. The van der Waals surface area contributed by atoms with Gasteiger partial charge in [-0.15, -0.1) is 0 Å². The molecule has 0 spiro atoms. The van der Waals surface area contributed by atoms with Crippen molar-refractivity contribution < 1.29 is 9.15 Å². The minimum atomic E-state index is 0.405. The fourth-order valence-electron chi connectivity index (χ4n) is 1.94. The fourth-order valence-corrected chi connectivity index (χ4v) is 4.43. The monoisotopic (exact) mass is 477 g/mol. The Morgan fingerprint density at radius 2 is 1.76 bits per heavy atom. The molecule has 0 radical (unpaired) electrons. The molecule has 1 aromatic heterocycles. The van der Waals surface area contributed by atoms with E-state index in [2.05, 4.69) is 53.1 Å². The smallest absolute Gasteiger partial charge is 0.148 e. The topological polar surface area (TPSA) is 34.4 Å². The van der Waals surface area contributed by atoms with Crippen LogP contribution in [0.3, 0.4) is 0 Å². The van der Waals surface area contributed by atoms with Crippen LogP contribution in [0.2, 0.25) is 0 Å². The van der Waals surface area contributed by atoms with Crippen molar-refractivity contribution in [2.45, 2.75) is 32.0 Å². The molecule has 0 bridgehead atoms. The molecule has 0 amide bonds. The van der Waals surface area contributed by atoms with Gasteiger partial charge in [0, 0.05) is 10.5 Å². The second kappa shape index (κ2) is 6.86. The van der Waals surface area contributed by atoms with E-state index in [1.165, 1.54) is 12.8 Å². The van der Waals surface area contributed by atoms with Crippen molar-refractivity contribution in [1.29, 1.82) is 0 Å². The summed E-state index contributed by atoms with van der Waals surface area (Å²) in [5.41, 5.74) is 0. The molecule has 1 aromatic carbocycles. The molecular weight excluding hydrogens is 466 g/mol. The first-order valence-corrected chi connectivity index (χ1v) is 9.08. The van der Waals surface area contributed by atoms with Crippen LogP contribution < -0.4 is 10.1 Å². The Hall–Kier alpha value is -0.300. The number of benzene rings is 1. The van der Waals surface area contributed by atoms with Crippen molar-refractivity contribution in [2.75, 3.05) is 0 Å². The van der Waals surface area contributed by atoms with Crippen LogP contribution in [0.15, 0.2) is 42.1 Å². The van der Waals surface area contributed by atoms with Gasteiger partial charge in [-0.05, 0) is 69.0 Å². The molecule has 1 heterocycles. The molecule has 0 aliphatic heterocycles. The number of ether oxygens (including phenoxy) is 1. The van der Waals surface area contributed by atoms with Gasteiger partial charge < -0.3 is 14.5 Å². The largest absolute Gasteiger partial charge is 0.483 e. The van der Waals surface area contributed by atoms with Crippen molar-refractivity contribution in [3.63, 3.8) is 0 Å². The zero-order chi connectivity index (χ0) is 14.8. The molecule has 1 aliphatic rings. The zero-order valence-corrected chi connectivity index (χ0v) is 15.9. The van der Waals surface area contributed by atoms with Crippen LogP contribution in [0.1, 0.15) is 24.4 Å². The Morgan fingerprint density at radius 1 is 1.10 bits per heavy atom. The summed E-state index contributed by atoms with van der Waals surface area (Å²) in [6.45, 7) is 1.19. The van der Waals surface area contributed by atoms with Crippen molar-refractivity contribution in [1.82, 2.24) is 5.32 Å². The summed E-state index contributed by atoms with van der Waals surface area (Å²) in [5, 5.41) is 3.43. The Labute approximate surface area is 148 Å². The van der Waals surface area contributed by atoms with E-state index in [0.29, 0.717) is 12.6 Å². The van der Waals surface area contributed by atoms with Crippen LogP contribution in [0.25, 0.3) is 0 Å². The van der Waals surface area contributed by atoms with Gasteiger partial charge in [0.05, 0.1) is 15.5 Å². The van der Waals surface area contributed by atoms with Crippen molar-refractivity contribution in [3.05, 3.63) is 49.2 Å². The summed E-state index contributed by atoms with van der Waals surface area (Å²) in [5.74, 6) is 2.55. The number of rotatable bonds is 6. The SMILES string of the molecule is Brc1cc(Br)c(OCc2ccc(CNC3CC3)o2)c(Br)c1. The van der Waals surface area contributed by atoms with E-state index in [4.69, 9.17) is 9.15 Å². The zero-order valence-electron chi connectivity index (χ0n) is 11.2. The van der Waals surface area contributed by atoms with E-state index in [0.717, 1.165) is 37.2 Å². The standard InChI is InChI=1S/C15H14Br3NO2/c16-9-5-13(17)15(14(18)6-9)20-8-12-4-3-11(21-12)7-19-10-1-2-10/h3-6,10,19H,1-2,7-8H2. The van der Waals surface area contributed by atoms with E-state index in [-0.39, 0.29) is 0 Å². The molecule has 1 saturated carbocycles. The van der Waals surface area contributed by atoms with Crippen LogP contribution in [0, 0.1) is 0 Å². The van der Waals surface area contributed by atoms with Gasteiger partial charge in [-0.25, -0.2) is 0 Å². The van der Waals surface area contributed by atoms with Gasteiger partial charge in [0.1, 0.15) is 23.9 Å². The van der Waals surface area contributed by atoms with E-state index in [1.54, 1.807) is 0 Å². The lowest BCUT2D eigenvalue weighted by Crippen LogP contribution is -2.14. The first-order chi connectivity index (χ1) is 10.1.